The molecule has 0 saturated carbocycles. The van der Waals surface area contributed by atoms with Crippen molar-refractivity contribution in [3.63, 3.8) is 0 Å². The number of fused-ring (bicyclic) bond motifs is 4. The predicted molar refractivity (Wildman–Crippen MR) is 128 cm³/mol. The number of urea groups is 1. The molecule has 1 fully saturated rings. The molecule has 0 bridgehead atoms. The van der Waals surface area contributed by atoms with Gasteiger partial charge in [-0.1, -0.05) is 36.4 Å². The minimum Gasteiger partial charge on any atom is -0.497 e. The standard InChI is InChI=1S/C27H23N3O4/c1-33-17-12-13-23(34-2)20(14-17)25-24-19(18-10-6-7-11-21(18)28-24)15-22-26(31)29(27(32)30(22)25)16-8-4-3-5-9-16/h3-14,22,25,28H,15H2,1-2H3. The van der Waals surface area contributed by atoms with E-state index in [0.717, 1.165) is 27.7 Å². The van der Waals surface area contributed by atoms with Gasteiger partial charge in [-0.2, -0.15) is 0 Å². The molecule has 1 aromatic heterocycles. The Morgan fingerprint density at radius 2 is 1.68 bits per heavy atom. The Morgan fingerprint density at radius 1 is 0.912 bits per heavy atom. The second-order valence-corrected chi connectivity index (χ2v) is 8.49. The summed E-state index contributed by atoms with van der Waals surface area (Å²) in [5.41, 5.74) is 4.23. The summed E-state index contributed by atoms with van der Waals surface area (Å²) >= 11 is 0. The molecule has 0 aliphatic carbocycles. The Bertz CT molecular complexity index is 1430. The minimum atomic E-state index is -0.625. The lowest BCUT2D eigenvalue weighted by Crippen LogP contribution is -2.44. The van der Waals surface area contributed by atoms with Crippen LogP contribution in [0.4, 0.5) is 10.5 Å². The molecule has 6 rings (SSSR count). The van der Waals surface area contributed by atoms with Gasteiger partial charge < -0.3 is 14.5 Å². The molecule has 170 valence electrons. The van der Waals surface area contributed by atoms with Gasteiger partial charge in [-0.3, -0.25) is 9.69 Å². The van der Waals surface area contributed by atoms with Crippen molar-refractivity contribution >= 4 is 28.5 Å². The highest BCUT2D eigenvalue weighted by Crippen LogP contribution is 2.47. The molecule has 3 aromatic carbocycles. The van der Waals surface area contributed by atoms with Gasteiger partial charge in [0.15, 0.2) is 0 Å². The zero-order valence-electron chi connectivity index (χ0n) is 18.8. The first kappa shape index (κ1) is 20.4. The molecule has 7 nitrogen and oxygen atoms in total. The van der Waals surface area contributed by atoms with Crippen molar-refractivity contribution < 1.29 is 19.1 Å². The first-order chi connectivity index (χ1) is 16.6. The number of rotatable bonds is 4. The molecule has 3 amide bonds. The molecule has 1 N–H and O–H groups in total. The largest absolute Gasteiger partial charge is 0.497 e. The predicted octanol–water partition coefficient (Wildman–Crippen LogP) is 4.67. The van der Waals surface area contributed by atoms with Crippen LogP contribution in [0.5, 0.6) is 11.5 Å². The van der Waals surface area contributed by atoms with Gasteiger partial charge in [0, 0.05) is 28.6 Å². The first-order valence-corrected chi connectivity index (χ1v) is 11.1. The van der Waals surface area contributed by atoms with Gasteiger partial charge in [0.2, 0.25) is 0 Å². The quantitative estimate of drug-likeness (QED) is 0.456. The molecule has 2 aliphatic heterocycles. The number of hydrogen-bond donors (Lipinski definition) is 1. The smallest absolute Gasteiger partial charge is 0.332 e. The van der Waals surface area contributed by atoms with Crippen molar-refractivity contribution in [2.45, 2.75) is 18.5 Å². The van der Waals surface area contributed by atoms with Crippen LogP contribution in [0.3, 0.4) is 0 Å². The van der Waals surface area contributed by atoms with Crippen LogP contribution in [0, 0.1) is 0 Å². The number of nitrogens with one attached hydrogen (secondary N) is 1. The monoisotopic (exact) mass is 453 g/mol. The van der Waals surface area contributed by atoms with E-state index >= 15 is 0 Å². The molecular weight excluding hydrogens is 430 g/mol. The molecule has 0 radical (unpaired) electrons. The zero-order chi connectivity index (χ0) is 23.4. The SMILES string of the molecule is COc1ccc(OC)c(C2c3[nH]c4ccccc4c3CC3C(=O)N(c4ccccc4)C(=O)N32)c1. The summed E-state index contributed by atoms with van der Waals surface area (Å²) in [6, 6.07) is 21.1. The molecule has 2 atom stereocenters. The van der Waals surface area contributed by atoms with E-state index in [1.165, 1.54) is 4.90 Å². The van der Waals surface area contributed by atoms with Gasteiger partial charge in [0.05, 0.1) is 19.9 Å². The van der Waals surface area contributed by atoms with E-state index in [2.05, 4.69) is 11.1 Å². The van der Waals surface area contributed by atoms with Crippen LogP contribution in [-0.4, -0.2) is 42.1 Å². The van der Waals surface area contributed by atoms with E-state index in [1.54, 1.807) is 31.3 Å². The maximum Gasteiger partial charge on any atom is 0.332 e. The summed E-state index contributed by atoms with van der Waals surface area (Å²) in [5.74, 6) is 1.04. The van der Waals surface area contributed by atoms with Crippen molar-refractivity contribution in [1.82, 2.24) is 9.88 Å². The summed E-state index contributed by atoms with van der Waals surface area (Å²) in [6.07, 6.45) is 0.441. The highest BCUT2D eigenvalue weighted by Gasteiger charge is 2.53. The van der Waals surface area contributed by atoms with Crippen molar-refractivity contribution in [1.29, 1.82) is 0 Å². The molecule has 4 aromatic rings. The number of nitrogens with zero attached hydrogens (tertiary/aromatic N) is 2. The van der Waals surface area contributed by atoms with Gasteiger partial charge in [-0.05, 0) is 42.0 Å². The Labute approximate surface area is 196 Å². The van der Waals surface area contributed by atoms with Crippen LogP contribution >= 0.6 is 0 Å². The van der Waals surface area contributed by atoms with E-state index in [9.17, 15) is 9.59 Å². The van der Waals surface area contributed by atoms with Gasteiger partial charge in [0.25, 0.3) is 5.91 Å². The molecule has 7 heteroatoms. The number of ether oxygens (including phenoxy) is 2. The summed E-state index contributed by atoms with van der Waals surface area (Å²) in [6.45, 7) is 0. The summed E-state index contributed by atoms with van der Waals surface area (Å²) in [7, 11) is 3.20. The summed E-state index contributed by atoms with van der Waals surface area (Å²) < 4.78 is 11.2. The number of para-hydroxylation sites is 2. The Balaban J connectivity index is 1.59. The minimum absolute atomic E-state index is 0.223. The molecule has 2 unspecified atom stereocenters. The lowest BCUT2D eigenvalue weighted by molar-refractivity contribution is -0.120. The topological polar surface area (TPSA) is 74.9 Å². The average molecular weight is 453 g/mol. The van der Waals surface area contributed by atoms with E-state index in [4.69, 9.17) is 9.47 Å². The molecular formula is C27H23N3O4. The van der Waals surface area contributed by atoms with Crippen molar-refractivity contribution in [2.24, 2.45) is 0 Å². The van der Waals surface area contributed by atoms with Gasteiger partial charge in [0.1, 0.15) is 23.6 Å². The average Bonchev–Trinajstić information content (AvgIpc) is 3.37. The number of H-pyrrole nitrogens is 1. The van der Waals surface area contributed by atoms with Gasteiger partial charge in [-0.15, -0.1) is 0 Å². The fraction of sp³-hybridized carbons (Fsp3) is 0.185. The second-order valence-electron chi connectivity index (χ2n) is 8.49. The van der Waals surface area contributed by atoms with E-state index in [1.807, 2.05) is 54.6 Å². The lowest BCUT2D eigenvalue weighted by atomic mass is 9.88. The lowest BCUT2D eigenvalue weighted by Gasteiger charge is -2.36. The van der Waals surface area contributed by atoms with Crippen LogP contribution < -0.4 is 14.4 Å². The normalized spacial score (nSPS) is 19.4. The van der Waals surface area contributed by atoms with E-state index in [-0.39, 0.29) is 11.9 Å². The number of anilines is 1. The summed E-state index contributed by atoms with van der Waals surface area (Å²) in [4.78, 5) is 34.0. The van der Waals surface area contributed by atoms with Crippen LogP contribution in [0.2, 0.25) is 0 Å². The number of hydrogen-bond acceptors (Lipinski definition) is 4. The fourth-order valence-electron chi connectivity index (χ4n) is 5.27. The number of amides is 3. The number of carbonyl (C=O) groups excluding carboxylic acids is 2. The number of benzene rings is 3. The first-order valence-electron chi connectivity index (χ1n) is 11.1. The van der Waals surface area contributed by atoms with Crippen molar-refractivity contribution in [2.75, 3.05) is 19.1 Å². The number of imide groups is 1. The van der Waals surface area contributed by atoms with E-state index in [0.29, 0.717) is 23.6 Å². The number of methoxy groups -OCH3 is 2. The number of aromatic nitrogens is 1. The van der Waals surface area contributed by atoms with Crippen LogP contribution in [0.15, 0.2) is 72.8 Å². The highest BCUT2D eigenvalue weighted by molar-refractivity contribution is 6.22. The second kappa shape index (κ2) is 7.66. The molecule has 2 aliphatic rings. The van der Waals surface area contributed by atoms with Gasteiger partial charge in [-0.25, -0.2) is 9.69 Å². The van der Waals surface area contributed by atoms with E-state index < -0.39 is 12.1 Å². The third-order valence-electron chi connectivity index (χ3n) is 6.79. The zero-order valence-corrected chi connectivity index (χ0v) is 18.8. The number of aromatic amines is 1. The Morgan fingerprint density at radius 3 is 2.44 bits per heavy atom. The molecule has 34 heavy (non-hydrogen) atoms. The third kappa shape index (κ3) is 2.83. The third-order valence-corrected chi connectivity index (χ3v) is 6.79. The molecule has 3 heterocycles. The molecule has 0 spiro atoms. The maximum atomic E-state index is 13.9. The Kier molecular flexibility index (Phi) is 4.58. The highest BCUT2D eigenvalue weighted by atomic mass is 16.5. The number of carbonyl (C=O) groups is 2. The van der Waals surface area contributed by atoms with Crippen LogP contribution in [0.1, 0.15) is 22.9 Å². The van der Waals surface area contributed by atoms with Gasteiger partial charge >= 0.3 is 6.03 Å². The van der Waals surface area contributed by atoms with Crippen molar-refractivity contribution in [3.05, 3.63) is 89.6 Å². The van der Waals surface area contributed by atoms with Crippen LogP contribution in [-0.2, 0) is 11.2 Å². The van der Waals surface area contributed by atoms with Crippen LogP contribution in [0.25, 0.3) is 10.9 Å². The Hall–Kier alpha value is -4.26. The van der Waals surface area contributed by atoms with Crippen molar-refractivity contribution in [3.8, 4) is 11.5 Å². The fourth-order valence-corrected chi connectivity index (χ4v) is 5.27. The summed E-state index contributed by atoms with van der Waals surface area (Å²) in [5, 5.41) is 1.06. The maximum absolute atomic E-state index is 13.9. The molecule has 1 saturated heterocycles.